The average molecular weight is 313 g/mol. The van der Waals surface area contributed by atoms with Gasteiger partial charge in [0, 0.05) is 12.6 Å². The van der Waals surface area contributed by atoms with E-state index in [0.717, 1.165) is 37.2 Å². The SMILES string of the molecule is CCC(Oc1ccccc1C)C(=O)NC1CCCNC1.Cl. The van der Waals surface area contributed by atoms with Crippen LogP contribution in [0.3, 0.4) is 0 Å². The monoisotopic (exact) mass is 312 g/mol. The summed E-state index contributed by atoms with van der Waals surface area (Å²) in [5.41, 5.74) is 1.05. The Hall–Kier alpha value is -1.26. The molecule has 21 heavy (non-hydrogen) atoms. The smallest absolute Gasteiger partial charge is 0.261 e. The van der Waals surface area contributed by atoms with Gasteiger partial charge in [-0.15, -0.1) is 12.4 Å². The highest BCUT2D eigenvalue weighted by molar-refractivity contribution is 5.85. The van der Waals surface area contributed by atoms with Crippen molar-refractivity contribution in [3.05, 3.63) is 29.8 Å². The Kier molecular flexibility index (Phi) is 7.54. The summed E-state index contributed by atoms with van der Waals surface area (Å²) >= 11 is 0. The largest absolute Gasteiger partial charge is 0.480 e. The number of carbonyl (C=O) groups excluding carboxylic acids is 1. The number of carbonyl (C=O) groups is 1. The van der Waals surface area contributed by atoms with E-state index < -0.39 is 6.10 Å². The number of hydrogen-bond acceptors (Lipinski definition) is 3. The quantitative estimate of drug-likeness (QED) is 0.878. The minimum Gasteiger partial charge on any atom is -0.480 e. The Morgan fingerprint density at radius 1 is 1.48 bits per heavy atom. The molecule has 1 aromatic carbocycles. The van der Waals surface area contributed by atoms with Crippen molar-refractivity contribution in [2.45, 2.75) is 45.3 Å². The Bertz CT molecular complexity index is 448. The van der Waals surface area contributed by atoms with Gasteiger partial charge >= 0.3 is 0 Å². The predicted octanol–water partition coefficient (Wildman–Crippen LogP) is 2.44. The fourth-order valence-electron chi connectivity index (χ4n) is 2.43. The number of hydrogen-bond donors (Lipinski definition) is 2. The van der Waals surface area contributed by atoms with Crippen molar-refractivity contribution in [2.75, 3.05) is 13.1 Å². The molecule has 1 aliphatic rings. The molecular formula is C16H25ClN2O2. The molecule has 0 radical (unpaired) electrons. The van der Waals surface area contributed by atoms with Crippen LogP contribution >= 0.6 is 12.4 Å². The molecule has 2 atom stereocenters. The normalized spacial score (nSPS) is 19.2. The second-order valence-corrected chi connectivity index (χ2v) is 5.33. The van der Waals surface area contributed by atoms with Crippen LogP contribution in [0.4, 0.5) is 0 Å². The summed E-state index contributed by atoms with van der Waals surface area (Å²) in [4.78, 5) is 12.3. The molecule has 1 aliphatic heterocycles. The average Bonchev–Trinajstić information content (AvgIpc) is 2.47. The zero-order valence-electron chi connectivity index (χ0n) is 12.7. The topological polar surface area (TPSA) is 50.4 Å². The summed E-state index contributed by atoms with van der Waals surface area (Å²) in [5, 5.41) is 6.38. The van der Waals surface area contributed by atoms with Crippen LogP contribution in [-0.2, 0) is 4.79 Å². The van der Waals surface area contributed by atoms with Gasteiger partial charge in [0.2, 0.25) is 0 Å². The molecule has 1 aromatic rings. The summed E-state index contributed by atoms with van der Waals surface area (Å²) in [5.74, 6) is 0.778. The molecule has 0 bridgehead atoms. The fraction of sp³-hybridized carbons (Fsp3) is 0.562. The molecule has 118 valence electrons. The highest BCUT2D eigenvalue weighted by atomic mass is 35.5. The van der Waals surface area contributed by atoms with E-state index >= 15 is 0 Å². The molecule has 1 heterocycles. The third kappa shape index (κ3) is 5.21. The van der Waals surface area contributed by atoms with Gasteiger partial charge in [0.25, 0.3) is 5.91 Å². The van der Waals surface area contributed by atoms with E-state index in [1.54, 1.807) is 0 Å². The number of piperidine rings is 1. The third-order valence-corrected chi connectivity index (χ3v) is 3.67. The summed E-state index contributed by atoms with van der Waals surface area (Å²) < 4.78 is 5.87. The molecule has 1 saturated heterocycles. The Morgan fingerprint density at radius 3 is 2.86 bits per heavy atom. The van der Waals surface area contributed by atoms with Crippen molar-refractivity contribution in [3.63, 3.8) is 0 Å². The molecule has 2 unspecified atom stereocenters. The van der Waals surface area contributed by atoms with Crippen molar-refractivity contribution in [1.82, 2.24) is 10.6 Å². The maximum Gasteiger partial charge on any atom is 0.261 e. The number of rotatable bonds is 5. The van der Waals surface area contributed by atoms with Gasteiger partial charge in [-0.05, 0) is 44.4 Å². The van der Waals surface area contributed by atoms with E-state index in [2.05, 4.69) is 10.6 Å². The number of aryl methyl sites for hydroxylation is 1. The van der Waals surface area contributed by atoms with Crippen LogP contribution in [0.5, 0.6) is 5.75 Å². The Balaban J connectivity index is 0.00000220. The lowest BCUT2D eigenvalue weighted by molar-refractivity contribution is -0.129. The molecule has 0 aliphatic carbocycles. The van der Waals surface area contributed by atoms with Gasteiger partial charge < -0.3 is 15.4 Å². The van der Waals surface area contributed by atoms with E-state index in [4.69, 9.17) is 4.74 Å². The first-order valence-electron chi connectivity index (χ1n) is 7.44. The van der Waals surface area contributed by atoms with E-state index in [1.807, 2.05) is 38.1 Å². The van der Waals surface area contributed by atoms with Gasteiger partial charge in [0.15, 0.2) is 6.10 Å². The van der Waals surface area contributed by atoms with E-state index in [1.165, 1.54) is 0 Å². The summed E-state index contributed by atoms with van der Waals surface area (Å²) in [6.45, 7) is 5.86. The molecule has 4 nitrogen and oxygen atoms in total. The molecule has 2 rings (SSSR count). The zero-order valence-corrected chi connectivity index (χ0v) is 13.5. The number of nitrogens with one attached hydrogen (secondary N) is 2. The zero-order chi connectivity index (χ0) is 14.4. The van der Waals surface area contributed by atoms with Crippen LogP contribution in [0.25, 0.3) is 0 Å². The van der Waals surface area contributed by atoms with Gasteiger partial charge in [-0.2, -0.15) is 0 Å². The first kappa shape index (κ1) is 17.8. The van der Waals surface area contributed by atoms with Gasteiger partial charge in [0.05, 0.1) is 0 Å². The van der Waals surface area contributed by atoms with Crippen LogP contribution < -0.4 is 15.4 Å². The number of benzene rings is 1. The van der Waals surface area contributed by atoms with Gasteiger partial charge in [0.1, 0.15) is 5.75 Å². The summed E-state index contributed by atoms with van der Waals surface area (Å²) in [6, 6.07) is 8.03. The van der Waals surface area contributed by atoms with Crippen LogP contribution in [0.15, 0.2) is 24.3 Å². The van der Waals surface area contributed by atoms with Gasteiger partial charge in [-0.3, -0.25) is 4.79 Å². The lowest BCUT2D eigenvalue weighted by atomic mass is 10.1. The molecule has 0 spiro atoms. The fourth-order valence-corrected chi connectivity index (χ4v) is 2.43. The number of para-hydroxylation sites is 1. The first-order valence-corrected chi connectivity index (χ1v) is 7.44. The van der Waals surface area contributed by atoms with Crippen molar-refractivity contribution in [2.24, 2.45) is 0 Å². The Morgan fingerprint density at radius 2 is 2.24 bits per heavy atom. The second kappa shape index (κ2) is 8.90. The first-order chi connectivity index (χ1) is 9.70. The highest BCUT2D eigenvalue weighted by Gasteiger charge is 2.23. The Labute approximate surface area is 133 Å². The van der Waals surface area contributed by atoms with Gasteiger partial charge in [-0.25, -0.2) is 0 Å². The molecule has 0 saturated carbocycles. The van der Waals surface area contributed by atoms with Crippen LogP contribution in [0, 0.1) is 6.92 Å². The van der Waals surface area contributed by atoms with Crippen molar-refractivity contribution in [3.8, 4) is 5.75 Å². The minimum atomic E-state index is -0.418. The summed E-state index contributed by atoms with van der Waals surface area (Å²) in [7, 11) is 0. The summed E-state index contributed by atoms with van der Waals surface area (Å²) in [6.07, 6.45) is 2.40. The predicted molar refractivity (Wildman–Crippen MR) is 87.2 cm³/mol. The third-order valence-electron chi connectivity index (χ3n) is 3.67. The molecule has 1 fully saturated rings. The van der Waals surface area contributed by atoms with Crippen LogP contribution in [0.2, 0.25) is 0 Å². The van der Waals surface area contributed by atoms with Crippen molar-refractivity contribution >= 4 is 18.3 Å². The lowest BCUT2D eigenvalue weighted by Crippen LogP contribution is -2.49. The molecular weight excluding hydrogens is 288 g/mol. The van der Waals surface area contributed by atoms with E-state index in [9.17, 15) is 4.79 Å². The van der Waals surface area contributed by atoms with Crippen molar-refractivity contribution < 1.29 is 9.53 Å². The van der Waals surface area contributed by atoms with E-state index in [0.29, 0.717) is 6.42 Å². The molecule has 5 heteroatoms. The van der Waals surface area contributed by atoms with E-state index in [-0.39, 0.29) is 24.4 Å². The highest BCUT2D eigenvalue weighted by Crippen LogP contribution is 2.19. The second-order valence-electron chi connectivity index (χ2n) is 5.33. The number of halogens is 1. The molecule has 2 N–H and O–H groups in total. The lowest BCUT2D eigenvalue weighted by Gasteiger charge is -2.26. The number of amides is 1. The molecule has 1 amide bonds. The molecule has 0 aromatic heterocycles. The van der Waals surface area contributed by atoms with Crippen molar-refractivity contribution in [1.29, 1.82) is 0 Å². The maximum atomic E-state index is 12.3. The van der Waals surface area contributed by atoms with Crippen LogP contribution in [0.1, 0.15) is 31.7 Å². The number of ether oxygens (including phenoxy) is 1. The standard InChI is InChI=1S/C16H24N2O2.ClH/c1-3-14(20-15-9-5-4-7-12(15)2)16(19)18-13-8-6-10-17-11-13;/h4-5,7,9,13-14,17H,3,6,8,10-11H2,1-2H3,(H,18,19);1H. The minimum absolute atomic E-state index is 0. The maximum absolute atomic E-state index is 12.3. The van der Waals surface area contributed by atoms with Crippen LogP contribution in [-0.4, -0.2) is 31.1 Å². The van der Waals surface area contributed by atoms with Gasteiger partial charge in [-0.1, -0.05) is 25.1 Å².